The highest BCUT2D eigenvalue weighted by Gasteiger charge is 2.33. The minimum Gasteiger partial charge on any atom is -0.354 e. The molecule has 0 aliphatic carbocycles. The molecule has 0 bridgehead atoms. The van der Waals surface area contributed by atoms with E-state index >= 15 is 0 Å². The van der Waals surface area contributed by atoms with E-state index in [0.717, 1.165) is 12.5 Å². The van der Waals surface area contributed by atoms with Gasteiger partial charge in [0.05, 0.1) is 28.7 Å². The molecule has 0 saturated carbocycles. The van der Waals surface area contributed by atoms with E-state index in [0.29, 0.717) is 23.7 Å². The number of rotatable bonds is 6. The summed E-state index contributed by atoms with van der Waals surface area (Å²) < 4.78 is 39.1. The van der Waals surface area contributed by atoms with E-state index in [1.165, 1.54) is 36.7 Å². The molecule has 0 aliphatic heterocycles. The van der Waals surface area contributed by atoms with Gasteiger partial charge in [-0.05, 0) is 30.5 Å². The molecule has 0 radical (unpaired) electrons. The van der Waals surface area contributed by atoms with Crippen molar-refractivity contribution in [3.8, 4) is 0 Å². The molecule has 1 heterocycles. The highest BCUT2D eigenvalue weighted by atomic mass is 19.4. The SMILES string of the molecule is CC(C)CCNC(=O)c1cncc(Nc2ccccc2C(F)(F)F)c1. The van der Waals surface area contributed by atoms with Gasteiger partial charge in [0.15, 0.2) is 0 Å². The van der Waals surface area contributed by atoms with Gasteiger partial charge in [-0.3, -0.25) is 9.78 Å². The number of hydrogen-bond donors (Lipinski definition) is 2. The van der Waals surface area contributed by atoms with Crippen LogP contribution in [0.15, 0.2) is 42.7 Å². The monoisotopic (exact) mass is 351 g/mol. The van der Waals surface area contributed by atoms with Crippen LogP contribution in [-0.4, -0.2) is 17.4 Å². The third-order valence-corrected chi connectivity index (χ3v) is 3.52. The van der Waals surface area contributed by atoms with Crippen LogP contribution in [0.2, 0.25) is 0 Å². The number of amides is 1. The first-order valence-corrected chi connectivity index (χ1v) is 7.94. The smallest absolute Gasteiger partial charge is 0.354 e. The largest absolute Gasteiger partial charge is 0.418 e. The first kappa shape index (κ1) is 18.8. The van der Waals surface area contributed by atoms with E-state index in [-0.39, 0.29) is 11.6 Å². The number of para-hydroxylation sites is 1. The molecular weight excluding hydrogens is 331 g/mol. The minimum atomic E-state index is -4.47. The van der Waals surface area contributed by atoms with Gasteiger partial charge in [-0.2, -0.15) is 13.2 Å². The summed E-state index contributed by atoms with van der Waals surface area (Å²) in [6.45, 7) is 4.64. The lowest BCUT2D eigenvalue weighted by molar-refractivity contribution is -0.136. The molecule has 2 aromatic rings. The summed E-state index contributed by atoms with van der Waals surface area (Å²) in [5.41, 5.74) is -0.262. The van der Waals surface area contributed by atoms with E-state index in [4.69, 9.17) is 0 Å². The Labute approximate surface area is 144 Å². The average Bonchev–Trinajstić information content (AvgIpc) is 2.54. The van der Waals surface area contributed by atoms with E-state index < -0.39 is 11.7 Å². The molecule has 4 nitrogen and oxygen atoms in total. The molecule has 2 N–H and O–H groups in total. The van der Waals surface area contributed by atoms with Crippen LogP contribution in [0, 0.1) is 5.92 Å². The highest BCUT2D eigenvalue weighted by Crippen LogP contribution is 2.35. The maximum Gasteiger partial charge on any atom is 0.418 e. The molecular formula is C18H20F3N3O. The second-order valence-corrected chi connectivity index (χ2v) is 6.07. The zero-order valence-corrected chi connectivity index (χ0v) is 14.0. The van der Waals surface area contributed by atoms with Crippen LogP contribution in [-0.2, 0) is 6.18 Å². The average molecular weight is 351 g/mol. The van der Waals surface area contributed by atoms with Crippen molar-refractivity contribution in [3.05, 3.63) is 53.9 Å². The summed E-state index contributed by atoms with van der Waals surface area (Å²) in [5, 5.41) is 5.46. The number of halogens is 3. The predicted molar refractivity (Wildman–Crippen MR) is 90.8 cm³/mol. The minimum absolute atomic E-state index is 0.0887. The van der Waals surface area contributed by atoms with Crippen molar-refractivity contribution in [2.24, 2.45) is 5.92 Å². The third-order valence-electron chi connectivity index (χ3n) is 3.52. The summed E-state index contributed by atoms with van der Waals surface area (Å²) in [7, 11) is 0. The van der Waals surface area contributed by atoms with Crippen molar-refractivity contribution >= 4 is 17.3 Å². The summed E-state index contributed by atoms with van der Waals surface area (Å²) in [4.78, 5) is 16.0. The van der Waals surface area contributed by atoms with Gasteiger partial charge in [-0.25, -0.2) is 0 Å². The van der Waals surface area contributed by atoms with E-state index in [1.807, 2.05) is 0 Å². The molecule has 134 valence electrons. The van der Waals surface area contributed by atoms with Gasteiger partial charge < -0.3 is 10.6 Å². The quantitative estimate of drug-likeness (QED) is 0.798. The van der Waals surface area contributed by atoms with Crippen molar-refractivity contribution in [3.63, 3.8) is 0 Å². The fraction of sp³-hybridized carbons (Fsp3) is 0.333. The lowest BCUT2D eigenvalue weighted by Gasteiger charge is -2.14. The zero-order valence-electron chi connectivity index (χ0n) is 14.0. The lowest BCUT2D eigenvalue weighted by Crippen LogP contribution is -2.25. The number of carbonyl (C=O) groups excluding carboxylic acids is 1. The molecule has 7 heteroatoms. The van der Waals surface area contributed by atoms with Crippen LogP contribution < -0.4 is 10.6 Å². The molecule has 1 amide bonds. The van der Waals surface area contributed by atoms with Crippen molar-refractivity contribution in [1.29, 1.82) is 0 Å². The second-order valence-electron chi connectivity index (χ2n) is 6.07. The molecule has 1 aromatic heterocycles. The van der Waals surface area contributed by atoms with Gasteiger partial charge in [0.1, 0.15) is 0 Å². The Hall–Kier alpha value is -2.57. The van der Waals surface area contributed by atoms with E-state index in [1.54, 1.807) is 0 Å². The van der Waals surface area contributed by atoms with Crippen molar-refractivity contribution < 1.29 is 18.0 Å². The van der Waals surface area contributed by atoms with Gasteiger partial charge in [0, 0.05) is 12.7 Å². The molecule has 0 aliphatic rings. The number of pyridine rings is 1. The Bertz CT molecular complexity index is 730. The van der Waals surface area contributed by atoms with Crippen LogP contribution in [0.25, 0.3) is 0 Å². The Balaban J connectivity index is 2.14. The Kier molecular flexibility index (Phi) is 6.01. The van der Waals surface area contributed by atoms with Gasteiger partial charge in [-0.15, -0.1) is 0 Å². The lowest BCUT2D eigenvalue weighted by atomic mass is 10.1. The number of alkyl halides is 3. The van der Waals surface area contributed by atoms with Gasteiger partial charge in [0.25, 0.3) is 5.91 Å². The number of nitrogens with zero attached hydrogens (tertiary/aromatic N) is 1. The number of anilines is 2. The topological polar surface area (TPSA) is 54.0 Å². The summed E-state index contributed by atoms with van der Waals surface area (Å²) in [6.07, 6.45) is -0.872. The summed E-state index contributed by atoms with van der Waals surface area (Å²) >= 11 is 0. The van der Waals surface area contributed by atoms with Crippen molar-refractivity contribution in [1.82, 2.24) is 10.3 Å². The normalized spacial score (nSPS) is 11.4. The van der Waals surface area contributed by atoms with E-state index in [9.17, 15) is 18.0 Å². The Morgan fingerprint density at radius 2 is 1.92 bits per heavy atom. The number of benzene rings is 1. The Morgan fingerprint density at radius 1 is 1.20 bits per heavy atom. The van der Waals surface area contributed by atoms with Gasteiger partial charge >= 0.3 is 6.18 Å². The molecule has 0 saturated heterocycles. The highest BCUT2D eigenvalue weighted by molar-refractivity contribution is 5.94. The van der Waals surface area contributed by atoms with Crippen LogP contribution >= 0.6 is 0 Å². The molecule has 0 spiro atoms. The third kappa shape index (κ3) is 5.48. The number of hydrogen-bond acceptors (Lipinski definition) is 3. The molecule has 0 unspecified atom stereocenters. The van der Waals surface area contributed by atoms with Gasteiger partial charge in [0.2, 0.25) is 0 Å². The number of nitrogens with one attached hydrogen (secondary N) is 2. The maximum absolute atomic E-state index is 13.0. The first-order chi connectivity index (χ1) is 11.8. The second kappa shape index (κ2) is 8.00. The first-order valence-electron chi connectivity index (χ1n) is 7.94. The molecule has 1 aromatic carbocycles. The molecule has 0 atom stereocenters. The summed E-state index contributed by atoms with van der Waals surface area (Å²) in [5.74, 6) is 0.159. The maximum atomic E-state index is 13.0. The fourth-order valence-electron chi connectivity index (χ4n) is 2.20. The molecule has 2 rings (SSSR count). The Morgan fingerprint density at radius 3 is 2.60 bits per heavy atom. The van der Waals surface area contributed by atoms with Crippen LogP contribution in [0.3, 0.4) is 0 Å². The predicted octanol–water partition coefficient (Wildman–Crippen LogP) is 4.62. The zero-order chi connectivity index (χ0) is 18.4. The summed E-state index contributed by atoms with van der Waals surface area (Å²) in [6, 6.07) is 6.64. The molecule has 25 heavy (non-hydrogen) atoms. The van der Waals surface area contributed by atoms with E-state index in [2.05, 4.69) is 29.5 Å². The fourth-order valence-corrected chi connectivity index (χ4v) is 2.20. The standard InChI is InChI=1S/C18H20F3N3O/c1-12(2)7-8-23-17(25)13-9-14(11-22-10-13)24-16-6-4-3-5-15(16)18(19,20)21/h3-6,9-12,24H,7-8H2,1-2H3,(H,23,25). The van der Waals surface area contributed by atoms with Gasteiger partial charge in [-0.1, -0.05) is 26.0 Å². The van der Waals surface area contributed by atoms with Crippen LogP contribution in [0.4, 0.5) is 24.5 Å². The molecule has 0 fully saturated rings. The number of carbonyl (C=O) groups is 1. The van der Waals surface area contributed by atoms with Crippen LogP contribution in [0.1, 0.15) is 36.2 Å². The number of aromatic nitrogens is 1. The van der Waals surface area contributed by atoms with Crippen molar-refractivity contribution in [2.45, 2.75) is 26.4 Å². The van der Waals surface area contributed by atoms with Crippen molar-refractivity contribution in [2.75, 3.05) is 11.9 Å². The van der Waals surface area contributed by atoms with Crippen LogP contribution in [0.5, 0.6) is 0 Å².